The standard InChI is InChI=1S/C25H32N4O2/c1-28(23-9-3-5-18-8-4-10-26-25(18)23)16-21-13-22-19(14-27-21)6-2-7-20(22)15-29-11-12-31-17-24(29)30/h2,4,6-8,10,21,23,27H,3,5,9,11-17H2,1H3/t21-,23-/m0/s1. The average molecular weight is 421 g/mol. The van der Waals surface area contributed by atoms with E-state index in [2.05, 4.69) is 47.6 Å². The fourth-order valence-electron chi connectivity index (χ4n) is 5.38. The zero-order valence-corrected chi connectivity index (χ0v) is 18.3. The number of hydrogen-bond donors (Lipinski definition) is 1. The maximum absolute atomic E-state index is 12.2. The second kappa shape index (κ2) is 9.07. The molecular weight excluding hydrogens is 388 g/mol. The van der Waals surface area contributed by atoms with Crippen LogP contribution >= 0.6 is 0 Å². The highest BCUT2D eigenvalue weighted by atomic mass is 16.5. The number of rotatable bonds is 5. The molecule has 31 heavy (non-hydrogen) atoms. The van der Waals surface area contributed by atoms with E-state index in [-0.39, 0.29) is 12.5 Å². The van der Waals surface area contributed by atoms with Crippen LogP contribution < -0.4 is 5.32 Å². The molecule has 0 spiro atoms. The highest BCUT2D eigenvalue weighted by Gasteiger charge is 2.29. The monoisotopic (exact) mass is 420 g/mol. The summed E-state index contributed by atoms with van der Waals surface area (Å²) in [5.74, 6) is 0.0949. The lowest BCUT2D eigenvalue weighted by atomic mass is 9.89. The molecule has 0 radical (unpaired) electrons. The molecule has 1 aromatic carbocycles. The molecule has 6 nitrogen and oxygen atoms in total. The second-order valence-electron chi connectivity index (χ2n) is 9.10. The van der Waals surface area contributed by atoms with Gasteiger partial charge in [-0.05, 0) is 61.1 Å². The number of morpholine rings is 1. The summed E-state index contributed by atoms with van der Waals surface area (Å²) in [6, 6.07) is 11.6. The van der Waals surface area contributed by atoms with Crippen molar-refractivity contribution in [1.82, 2.24) is 20.1 Å². The molecule has 3 aliphatic rings. The molecule has 1 amide bonds. The fourth-order valence-corrected chi connectivity index (χ4v) is 5.38. The quantitative estimate of drug-likeness (QED) is 0.805. The van der Waals surface area contributed by atoms with Crippen molar-refractivity contribution >= 4 is 5.91 Å². The van der Waals surface area contributed by atoms with Gasteiger partial charge in [-0.25, -0.2) is 0 Å². The van der Waals surface area contributed by atoms with Crippen LogP contribution in [0.3, 0.4) is 0 Å². The van der Waals surface area contributed by atoms with E-state index in [1.54, 1.807) is 0 Å². The van der Waals surface area contributed by atoms with E-state index < -0.39 is 0 Å². The molecule has 2 aromatic rings. The summed E-state index contributed by atoms with van der Waals surface area (Å²) >= 11 is 0. The van der Waals surface area contributed by atoms with Gasteiger partial charge in [0.1, 0.15) is 6.61 Å². The average Bonchev–Trinajstić information content (AvgIpc) is 2.80. The molecule has 1 aromatic heterocycles. The number of nitrogens with one attached hydrogen (secondary N) is 1. The predicted molar refractivity (Wildman–Crippen MR) is 120 cm³/mol. The maximum atomic E-state index is 12.2. The molecular formula is C25H32N4O2. The van der Waals surface area contributed by atoms with E-state index in [1.807, 2.05) is 11.1 Å². The SMILES string of the molecule is CN(C[C@@H]1Cc2c(cccc2CN2CCOCC2=O)CN1)[C@H]1CCCc2cccnc21. The Morgan fingerprint density at radius 2 is 2.16 bits per heavy atom. The normalized spacial score (nSPS) is 23.5. The van der Waals surface area contributed by atoms with Crippen LogP contribution in [0.4, 0.5) is 0 Å². The van der Waals surface area contributed by atoms with Crippen molar-refractivity contribution in [3.05, 3.63) is 64.5 Å². The maximum Gasteiger partial charge on any atom is 0.248 e. The molecule has 1 N–H and O–H groups in total. The van der Waals surface area contributed by atoms with Crippen molar-refractivity contribution in [2.45, 2.75) is 50.9 Å². The van der Waals surface area contributed by atoms with Crippen molar-refractivity contribution in [3.8, 4) is 0 Å². The molecule has 3 heterocycles. The van der Waals surface area contributed by atoms with Gasteiger partial charge in [0.05, 0.1) is 18.3 Å². The predicted octanol–water partition coefficient (Wildman–Crippen LogP) is 2.46. The largest absolute Gasteiger partial charge is 0.370 e. The first-order valence-electron chi connectivity index (χ1n) is 11.5. The van der Waals surface area contributed by atoms with Gasteiger partial charge in [-0.1, -0.05) is 24.3 Å². The van der Waals surface area contributed by atoms with Crippen LogP contribution in [0.5, 0.6) is 0 Å². The van der Waals surface area contributed by atoms with E-state index >= 15 is 0 Å². The molecule has 2 atom stereocenters. The summed E-state index contributed by atoms with van der Waals surface area (Å²) in [7, 11) is 2.24. The van der Waals surface area contributed by atoms with Gasteiger partial charge in [-0.15, -0.1) is 0 Å². The van der Waals surface area contributed by atoms with Gasteiger partial charge in [0.25, 0.3) is 0 Å². The Hall–Kier alpha value is -2.28. The number of carbonyl (C=O) groups is 1. The van der Waals surface area contributed by atoms with E-state index in [0.29, 0.717) is 31.8 Å². The molecule has 5 rings (SSSR count). The number of carbonyl (C=O) groups excluding carboxylic acids is 1. The number of benzene rings is 1. The number of fused-ring (bicyclic) bond motifs is 2. The summed E-state index contributed by atoms with van der Waals surface area (Å²) < 4.78 is 5.29. The van der Waals surface area contributed by atoms with Crippen LogP contribution in [0.2, 0.25) is 0 Å². The number of likely N-dealkylation sites (N-methyl/N-ethyl adjacent to an activating group) is 1. The summed E-state index contributed by atoms with van der Waals surface area (Å²) in [6.07, 6.45) is 6.47. The molecule has 1 fully saturated rings. The summed E-state index contributed by atoms with van der Waals surface area (Å²) in [5, 5.41) is 3.75. The van der Waals surface area contributed by atoms with Crippen LogP contribution in [0.25, 0.3) is 0 Å². The van der Waals surface area contributed by atoms with Gasteiger partial charge in [-0.3, -0.25) is 14.7 Å². The molecule has 0 bridgehead atoms. The number of hydrogen-bond acceptors (Lipinski definition) is 5. The summed E-state index contributed by atoms with van der Waals surface area (Å²) in [5.41, 5.74) is 6.73. The molecule has 0 saturated carbocycles. The van der Waals surface area contributed by atoms with Crippen LogP contribution in [-0.2, 0) is 35.5 Å². The first-order chi connectivity index (χ1) is 15.2. The Morgan fingerprint density at radius 3 is 3.06 bits per heavy atom. The van der Waals surface area contributed by atoms with Crippen LogP contribution in [-0.4, -0.2) is 60.1 Å². The van der Waals surface area contributed by atoms with E-state index in [0.717, 1.165) is 25.9 Å². The summed E-state index contributed by atoms with van der Waals surface area (Å²) in [6.45, 7) is 4.09. The van der Waals surface area contributed by atoms with E-state index in [1.165, 1.54) is 40.8 Å². The first-order valence-corrected chi connectivity index (χ1v) is 11.5. The Balaban J connectivity index is 1.29. The van der Waals surface area contributed by atoms with Crippen molar-refractivity contribution in [1.29, 1.82) is 0 Å². The minimum absolute atomic E-state index is 0.0949. The minimum atomic E-state index is 0.0949. The van der Waals surface area contributed by atoms with Gasteiger partial charge < -0.3 is 15.0 Å². The number of pyridine rings is 1. The molecule has 6 heteroatoms. The number of aryl methyl sites for hydroxylation is 1. The lowest BCUT2D eigenvalue weighted by Gasteiger charge is -2.37. The lowest BCUT2D eigenvalue weighted by Crippen LogP contribution is -2.46. The van der Waals surface area contributed by atoms with Gasteiger partial charge in [0.2, 0.25) is 5.91 Å². The summed E-state index contributed by atoms with van der Waals surface area (Å²) in [4.78, 5) is 21.4. The number of amides is 1. The minimum Gasteiger partial charge on any atom is -0.370 e. The molecule has 164 valence electrons. The third-order valence-electron chi connectivity index (χ3n) is 7.05. The third-order valence-corrected chi connectivity index (χ3v) is 7.05. The Morgan fingerprint density at radius 1 is 1.26 bits per heavy atom. The van der Waals surface area contributed by atoms with Gasteiger partial charge in [-0.2, -0.15) is 0 Å². The Kier molecular flexibility index (Phi) is 6.03. The number of aromatic nitrogens is 1. The third kappa shape index (κ3) is 4.38. The van der Waals surface area contributed by atoms with Crippen LogP contribution in [0, 0.1) is 0 Å². The van der Waals surface area contributed by atoms with Crippen molar-refractivity contribution < 1.29 is 9.53 Å². The van der Waals surface area contributed by atoms with E-state index in [9.17, 15) is 4.79 Å². The Bertz CT molecular complexity index is 947. The smallest absolute Gasteiger partial charge is 0.248 e. The van der Waals surface area contributed by atoms with Gasteiger partial charge in [0.15, 0.2) is 0 Å². The second-order valence-corrected chi connectivity index (χ2v) is 9.10. The van der Waals surface area contributed by atoms with Crippen molar-refractivity contribution in [3.63, 3.8) is 0 Å². The topological polar surface area (TPSA) is 57.7 Å². The highest BCUT2D eigenvalue weighted by Crippen LogP contribution is 2.32. The number of nitrogens with zero attached hydrogens (tertiary/aromatic N) is 3. The molecule has 2 aliphatic heterocycles. The fraction of sp³-hybridized carbons (Fsp3) is 0.520. The van der Waals surface area contributed by atoms with E-state index in [4.69, 9.17) is 9.72 Å². The molecule has 1 saturated heterocycles. The molecule has 1 aliphatic carbocycles. The van der Waals surface area contributed by atoms with Crippen molar-refractivity contribution in [2.24, 2.45) is 0 Å². The van der Waals surface area contributed by atoms with Crippen LogP contribution in [0.15, 0.2) is 36.5 Å². The van der Waals surface area contributed by atoms with Gasteiger partial charge in [0, 0.05) is 38.4 Å². The zero-order valence-electron chi connectivity index (χ0n) is 18.3. The molecule has 0 unspecified atom stereocenters. The van der Waals surface area contributed by atoms with Crippen molar-refractivity contribution in [2.75, 3.05) is 33.4 Å². The number of ether oxygens (including phenoxy) is 1. The lowest BCUT2D eigenvalue weighted by molar-refractivity contribution is -0.143. The van der Waals surface area contributed by atoms with Gasteiger partial charge >= 0.3 is 0 Å². The Labute approximate surface area is 184 Å². The van der Waals surface area contributed by atoms with Crippen LogP contribution in [0.1, 0.15) is 46.8 Å². The zero-order chi connectivity index (χ0) is 21.2. The first kappa shape index (κ1) is 20.6. The highest BCUT2D eigenvalue weighted by molar-refractivity contribution is 5.78.